The highest BCUT2D eigenvalue weighted by molar-refractivity contribution is 5.29. The van der Waals surface area contributed by atoms with Crippen molar-refractivity contribution in [1.82, 2.24) is 0 Å². The molecule has 0 N–H and O–H groups in total. The van der Waals surface area contributed by atoms with E-state index in [1.807, 2.05) is 0 Å². The van der Waals surface area contributed by atoms with Gasteiger partial charge in [-0.2, -0.15) is 0 Å². The molecule has 3 aliphatic carbocycles. The van der Waals surface area contributed by atoms with Crippen molar-refractivity contribution in [2.75, 3.05) is 99.1 Å². The maximum absolute atomic E-state index is 7.24. The van der Waals surface area contributed by atoms with E-state index in [1.54, 1.807) is 0 Å². The zero-order valence-corrected chi connectivity index (χ0v) is 30.8. The number of rotatable bonds is 4. The monoisotopic (exact) mass is 722 g/mol. The third kappa shape index (κ3) is 6.18. The molecular weight excluding hydrogens is 660 g/mol. The third-order valence-corrected chi connectivity index (χ3v) is 14.5. The van der Waals surface area contributed by atoms with Crippen LogP contribution in [0.5, 0.6) is 0 Å². The lowest BCUT2D eigenvalue weighted by atomic mass is 9.33. The first-order valence-electron chi connectivity index (χ1n) is 20.5. The minimum atomic E-state index is -0.531. The molecule has 12 atom stereocenters. The van der Waals surface area contributed by atoms with E-state index in [9.17, 15) is 0 Å². The van der Waals surface area contributed by atoms with Gasteiger partial charge in [-0.05, 0) is 64.2 Å². The first kappa shape index (κ1) is 36.2. The van der Waals surface area contributed by atoms with Crippen LogP contribution in [-0.4, -0.2) is 154 Å². The standard InChI is InChI=1S/C39H62O12/c1-2-39(36-9-6-27-30(49-27)33(36)46-15-3-12-40-18-21-43-24-36,37-10-7-28-31(50-28)34(37)47-16-4-13-41-19-22-44-25-37)38-11-8-29-32(51-29)35(38)48-17-5-14-42-20-23-45-26-38/h27-35H,2-26H2,1H3. The summed E-state index contributed by atoms with van der Waals surface area (Å²) in [6.07, 6.45) is 9.07. The van der Waals surface area contributed by atoms with Crippen LogP contribution in [0.2, 0.25) is 0 Å². The fourth-order valence-corrected chi connectivity index (χ4v) is 12.6. The predicted molar refractivity (Wildman–Crippen MR) is 182 cm³/mol. The van der Waals surface area contributed by atoms with Crippen molar-refractivity contribution in [1.29, 1.82) is 0 Å². The first-order chi connectivity index (χ1) is 25.2. The maximum Gasteiger partial charge on any atom is 0.111 e. The van der Waals surface area contributed by atoms with Gasteiger partial charge >= 0.3 is 0 Å². The van der Waals surface area contributed by atoms with Crippen LogP contribution in [0.3, 0.4) is 0 Å². The second kappa shape index (κ2) is 15.2. The normalized spacial score (nSPS) is 49.5. The molecule has 6 heterocycles. The van der Waals surface area contributed by atoms with Crippen LogP contribution in [0.15, 0.2) is 0 Å². The lowest BCUT2D eigenvalue weighted by Crippen LogP contribution is -2.77. The van der Waals surface area contributed by atoms with Crippen molar-refractivity contribution in [3.63, 3.8) is 0 Å². The van der Waals surface area contributed by atoms with Gasteiger partial charge in [0.2, 0.25) is 0 Å². The Morgan fingerprint density at radius 2 is 0.765 bits per heavy atom. The summed E-state index contributed by atoms with van der Waals surface area (Å²) in [6, 6.07) is 0. The minimum Gasteiger partial charge on any atom is -0.379 e. The number of epoxide rings is 3. The fraction of sp³-hybridized carbons (Fsp3) is 1.00. The third-order valence-electron chi connectivity index (χ3n) is 14.5. The van der Waals surface area contributed by atoms with Crippen molar-refractivity contribution in [3.05, 3.63) is 0 Å². The molecule has 6 saturated heterocycles. The van der Waals surface area contributed by atoms with Gasteiger partial charge in [-0.25, -0.2) is 0 Å². The average Bonchev–Trinajstić information content (AvgIpc) is 4.02. The van der Waals surface area contributed by atoms with Gasteiger partial charge < -0.3 is 56.8 Å². The molecule has 0 aromatic rings. The van der Waals surface area contributed by atoms with Crippen LogP contribution in [0.25, 0.3) is 0 Å². The molecule has 0 radical (unpaired) electrons. The molecule has 51 heavy (non-hydrogen) atoms. The van der Waals surface area contributed by atoms with Crippen LogP contribution in [0.1, 0.15) is 71.1 Å². The lowest BCUT2D eigenvalue weighted by Gasteiger charge is -2.72. The highest BCUT2D eigenvalue weighted by Gasteiger charge is 2.82. The van der Waals surface area contributed by atoms with Gasteiger partial charge in [0.15, 0.2) is 0 Å². The van der Waals surface area contributed by atoms with E-state index in [1.165, 1.54) is 0 Å². The fourth-order valence-electron chi connectivity index (χ4n) is 12.6. The van der Waals surface area contributed by atoms with Gasteiger partial charge in [0.1, 0.15) is 18.3 Å². The molecule has 9 aliphatic rings. The molecule has 12 nitrogen and oxygen atoms in total. The zero-order valence-electron chi connectivity index (χ0n) is 30.8. The van der Waals surface area contributed by atoms with Crippen LogP contribution in [-0.2, 0) is 56.8 Å². The largest absolute Gasteiger partial charge is 0.379 e. The summed E-state index contributed by atoms with van der Waals surface area (Å²) in [6.45, 7) is 11.1. The zero-order chi connectivity index (χ0) is 34.4. The van der Waals surface area contributed by atoms with Crippen LogP contribution < -0.4 is 0 Å². The molecule has 12 unspecified atom stereocenters. The Morgan fingerprint density at radius 1 is 0.431 bits per heavy atom. The van der Waals surface area contributed by atoms with E-state index in [-0.39, 0.29) is 54.9 Å². The number of fused-ring (bicyclic) bond motifs is 9. The number of ether oxygens (including phenoxy) is 12. The van der Waals surface area contributed by atoms with Crippen LogP contribution in [0.4, 0.5) is 0 Å². The number of hydrogen-bond acceptors (Lipinski definition) is 12. The molecule has 0 spiro atoms. The average molecular weight is 723 g/mol. The summed E-state index contributed by atoms with van der Waals surface area (Å²) in [5, 5.41) is 0. The van der Waals surface area contributed by atoms with Gasteiger partial charge in [-0.1, -0.05) is 6.92 Å². The number of hydrogen-bond donors (Lipinski definition) is 0. The minimum absolute atomic E-state index is 0.0117. The highest BCUT2D eigenvalue weighted by Crippen LogP contribution is 2.77. The summed E-state index contributed by atoms with van der Waals surface area (Å²) in [5.74, 6) is 0. The Labute approximate surface area is 303 Å². The van der Waals surface area contributed by atoms with Crippen molar-refractivity contribution >= 4 is 0 Å². The maximum atomic E-state index is 7.24. The van der Waals surface area contributed by atoms with Crippen molar-refractivity contribution in [3.8, 4) is 0 Å². The van der Waals surface area contributed by atoms with Crippen molar-refractivity contribution < 1.29 is 56.8 Å². The smallest absolute Gasteiger partial charge is 0.111 e. The Bertz CT molecular complexity index is 1040. The van der Waals surface area contributed by atoms with E-state index in [0.717, 1.165) is 64.2 Å². The Balaban J connectivity index is 1.29. The summed E-state index contributed by atoms with van der Waals surface area (Å²) < 4.78 is 80.3. The molecular formula is C39H62O12. The second-order valence-electron chi connectivity index (χ2n) is 16.7. The first-order valence-corrected chi connectivity index (χ1v) is 20.5. The van der Waals surface area contributed by atoms with Gasteiger partial charge in [-0.3, -0.25) is 0 Å². The van der Waals surface area contributed by atoms with Crippen LogP contribution in [0, 0.1) is 21.7 Å². The molecule has 290 valence electrons. The quantitative estimate of drug-likeness (QED) is 0.395. The Morgan fingerprint density at radius 3 is 1.10 bits per heavy atom. The molecule has 0 amide bonds. The summed E-state index contributed by atoms with van der Waals surface area (Å²) in [4.78, 5) is 0. The van der Waals surface area contributed by atoms with Crippen LogP contribution >= 0.6 is 0 Å². The molecule has 0 bridgehead atoms. The predicted octanol–water partition coefficient (Wildman–Crippen LogP) is 3.49. The summed E-state index contributed by atoms with van der Waals surface area (Å²) in [5.41, 5.74) is -2.00. The molecule has 9 rings (SSSR count). The van der Waals surface area contributed by atoms with Gasteiger partial charge in [0.05, 0.1) is 96.1 Å². The second-order valence-corrected chi connectivity index (χ2v) is 16.7. The lowest BCUT2D eigenvalue weighted by molar-refractivity contribution is -0.329. The van der Waals surface area contributed by atoms with E-state index in [4.69, 9.17) is 56.8 Å². The molecule has 12 heteroatoms. The Hall–Kier alpha value is -0.480. The SMILES string of the molecule is CCC(C12CCC3OC3C1OCCCOCCOC2)(C12CCC3OC3C1OCCCOCCOC2)C12CCC3OC3C1OCCCOCCOC2. The van der Waals surface area contributed by atoms with E-state index in [2.05, 4.69) is 6.92 Å². The molecule has 0 aromatic carbocycles. The van der Waals surface area contributed by atoms with Gasteiger partial charge in [-0.15, -0.1) is 0 Å². The van der Waals surface area contributed by atoms with Crippen molar-refractivity contribution in [2.45, 2.75) is 126 Å². The topological polar surface area (TPSA) is 121 Å². The van der Waals surface area contributed by atoms with E-state index in [0.29, 0.717) is 99.1 Å². The van der Waals surface area contributed by atoms with E-state index < -0.39 is 21.7 Å². The molecule has 3 saturated carbocycles. The molecule has 9 fully saturated rings. The Kier molecular flexibility index (Phi) is 10.8. The summed E-state index contributed by atoms with van der Waals surface area (Å²) in [7, 11) is 0. The highest BCUT2D eigenvalue weighted by atomic mass is 16.6. The van der Waals surface area contributed by atoms with Crippen molar-refractivity contribution in [2.24, 2.45) is 21.7 Å². The molecule has 0 aromatic heterocycles. The van der Waals surface area contributed by atoms with E-state index >= 15 is 0 Å². The summed E-state index contributed by atoms with van der Waals surface area (Å²) >= 11 is 0. The van der Waals surface area contributed by atoms with Gasteiger partial charge in [0.25, 0.3) is 0 Å². The van der Waals surface area contributed by atoms with Gasteiger partial charge in [0, 0.05) is 61.3 Å². The molecule has 6 aliphatic heterocycles.